The van der Waals surface area contributed by atoms with E-state index in [2.05, 4.69) is 5.10 Å². The molecular weight excluding hydrogens is 279 g/mol. The van der Waals surface area contributed by atoms with Gasteiger partial charge in [0.15, 0.2) is 0 Å². The zero-order chi connectivity index (χ0) is 15.6. The van der Waals surface area contributed by atoms with Gasteiger partial charge in [-0.15, -0.1) is 0 Å². The standard InChI is InChI=1S/C15H18F3N3/c1-3-12-8-13(4-2)21(20-12)14-6-5-11(15(16,17)18)7-10(14)9-19/h5-8H,3-4,9,19H2,1-2H3. The van der Waals surface area contributed by atoms with Gasteiger partial charge in [0.05, 0.1) is 16.9 Å². The summed E-state index contributed by atoms with van der Waals surface area (Å²) in [5.41, 5.74) is 7.85. The van der Waals surface area contributed by atoms with Gasteiger partial charge in [-0.3, -0.25) is 0 Å². The first-order valence-corrected chi connectivity index (χ1v) is 6.89. The van der Waals surface area contributed by atoms with Crippen LogP contribution in [0.2, 0.25) is 0 Å². The van der Waals surface area contributed by atoms with Gasteiger partial charge in [0.2, 0.25) is 0 Å². The predicted molar refractivity (Wildman–Crippen MR) is 75.2 cm³/mol. The normalized spacial score (nSPS) is 11.9. The van der Waals surface area contributed by atoms with Crippen molar-refractivity contribution >= 4 is 0 Å². The van der Waals surface area contributed by atoms with Crippen molar-refractivity contribution in [2.75, 3.05) is 0 Å². The molecule has 0 saturated heterocycles. The van der Waals surface area contributed by atoms with Crippen LogP contribution in [0.25, 0.3) is 5.69 Å². The van der Waals surface area contributed by atoms with E-state index in [0.29, 0.717) is 11.3 Å². The van der Waals surface area contributed by atoms with Crippen LogP contribution in [0.15, 0.2) is 24.3 Å². The van der Waals surface area contributed by atoms with Gasteiger partial charge in [-0.1, -0.05) is 13.8 Å². The zero-order valence-electron chi connectivity index (χ0n) is 12.0. The fourth-order valence-corrected chi connectivity index (χ4v) is 2.24. The van der Waals surface area contributed by atoms with Gasteiger partial charge in [-0.05, 0) is 42.7 Å². The number of rotatable bonds is 4. The molecule has 3 nitrogen and oxygen atoms in total. The Morgan fingerprint density at radius 2 is 1.86 bits per heavy atom. The fourth-order valence-electron chi connectivity index (χ4n) is 2.24. The summed E-state index contributed by atoms with van der Waals surface area (Å²) in [5, 5.41) is 4.45. The lowest BCUT2D eigenvalue weighted by molar-refractivity contribution is -0.137. The van der Waals surface area contributed by atoms with Gasteiger partial charge in [-0.25, -0.2) is 4.68 Å². The number of alkyl halides is 3. The van der Waals surface area contributed by atoms with E-state index in [1.54, 1.807) is 4.68 Å². The van der Waals surface area contributed by atoms with Crippen molar-refractivity contribution in [2.45, 2.75) is 39.4 Å². The molecule has 0 aliphatic carbocycles. The van der Waals surface area contributed by atoms with E-state index in [1.807, 2.05) is 19.9 Å². The van der Waals surface area contributed by atoms with Gasteiger partial charge in [0.25, 0.3) is 0 Å². The second-order valence-corrected chi connectivity index (χ2v) is 4.79. The molecular formula is C15H18F3N3. The Kier molecular flexibility index (Phi) is 4.37. The van der Waals surface area contributed by atoms with E-state index in [0.717, 1.165) is 36.4 Å². The number of benzene rings is 1. The Morgan fingerprint density at radius 1 is 1.14 bits per heavy atom. The maximum Gasteiger partial charge on any atom is 0.416 e. The van der Waals surface area contributed by atoms with E-state index in [1.165, 1.54) is 6.07 Å². The quantitative estimate of drug-likeness (QED) is 0.939. The number of nitrogens with zero attached hydrogens (tertiary/aromatic N) is 2. The van der Waals surface area contributed by atoms with Crippen LogP contribution >= 0.6 is 0 Å². The summed E-state index contributed by atoms with van der Waals surface area (Å²) >= 11 is 0. The third kappa shape index (κ3) is 3.10. The van der Waals surface area contributed by atoms with Crippen molar-refractivity contribution in [3.05, 3.63) is 46.8 Å². The third-order valence-electron chi connectivity index (χ3n) is 3.41. The highest BCUT2D eigenvalue weighted by atomic mass is 19.4. The van der Waals surface area contributed by atoms with Gasteiger partial charge >= 0.3 is 6.18 Å². The van der Waals surface area contributed by atoms with Crippen LogP contribution in [0.4, 0.5) is 13.2 Å². The van der Waals surface area contributed by atoms with Crippen LogP contribution < -0.4 is 5.73 Å². The summed E-state index contributed by atoms with van der Waals surface area (Å²) in [6.45, 7) is 4.01. The molecule has 0 aliphatic heterocycles. The summed E-state index contributed by atoms with van der Waals surface area (Å²) in [7, 11) is 0. The first kappa shape index (κ1) is 15.6. The third-order valence-corrected chi connectivity index (χ3v) is 3.41. The van der Waals surface area contributed by atoms with Gasteiger partial charge in [-0.2, -0.15) is 18.3 Å². The maximum atomic E-state index is 12.8. The zero-order valence-corrected chi connectivity index (χ0v) is 12.0. The van der Waals surface area contributed by atoms with Crippen LogP contribution in [-0.4, -0.2) is 9.78 Å². The van der Waals surface area contributed by atoms with Gasteiger partial charge in [0.1, 0.15) is 0 Å². The lowest BCUT2D eigenvalue weighted by Gasteiger charge is -2.14. The van der Waals surface area contributed by atoms with Crippen molar-refractivity contribution in [3.8, 4) is 5.69 Å². The van der Waals surface area contributed by atoms with Crippen LogP contribution in [-0.2, 0) is 25.6 Å². The Bertz CT molecular complexity index is 630. The Morgan fingerprint density at radius 3 is 2.38 bits per heavy atom. The Hall–Kier alpha value is -1.82. The Balaban J connectivity index is 2.56. The highest BCUT2D eigenvalue weighted by molar-refractivity contribution is 5.45. The second-order valence-electron chi connectivity index (χ2n) is 4.79. The molecule has 0 amide bonds. The lowest BCUT2D eigenvalue weighted by atomic mass is 10.1. The molecule has 2 aromatic rings. The number of nitrogens with two attached hydrogens (primary N) is 1. The molecule has 6 heteroatoms. The average Bonchev–Trinajstić information content (AvgIpc) is 2.88. The number of hydrogen-bond donors (Lipinski definition) is 1. The second kappa shape index (κ2) is 5.89. The molecule has 21 heavy (non-hydrogen) atoms. The number of aryl methyl sites for hydroxylation is 2. The number of aromatic nitrogens is 2. The molecule has 114 valence electrons. The molecule has 0 atom stereocenters. The summed E-state index contributed by atoms with van der Waals surface area (Å²) < 4.78 is 40.0. The molecule has 2 N–H and O–H groups in total. The molecule has 0 unspecified atom stereocenters. The van der Waals surface area contributed by atoms with Crippen LogP contribution in [0.3, 0.4) is 0 Å². The molecule has 2 rings (SSSR count). The molecule has 1 heterocycles. The fraction of sp³-hybridized carbons (Fsp3) is 0.400. The molecule has 1 aromatic heterocycles. The average molecular weight is 297 g/mol. The van der Waals surface area contributed by atoms with E-state index in [-0.39, 0.29) is 6.54 Å². The monoisotopic (exact) mass is 297 g/mol. The SMILES string of the molecule is CCc1cc(CC)n(-c2ccc(C(F)(F)F)cc2CN)n1. The molecule has 0 spiro atoms. The maximum absolute atomic E-state index is 12.8. The van der Waals surface area contributed by atoms with E-state index >= 15 is 0 Å². The van der Waals surface area contributed by atoms with Gasteiger partial charge in [0, 0.05) is 12.2 Å². The summed E-state index contributed by atoms with van der Waals surface area (Å²) in [6.07, 6.45) is -2.84. The minimum absolute atomic E-state index is 0.0315. The van der Waals surface area contributed by atoms with Crippen LogP contribution in [0.1, 0.15) is 36.4 Å². The lowest BCUT2D eigenvalue weighted by Crippen LogP contribution is -2.12. The molecule has 0 radical (unpaired) electrons. The predicted octanol–water partition coefficient (Wildman–Crippen LogP) is 3.47. The van der Waals surface area contributed by atoms with Crippen LogP contribution in [0, 0.1) is 0 Å². The molecule has 0 bridgehead atoms. The van der Waals surface area contributed by atoms with Crippen molar-refractivity contribution in [1.29, 1.82) is 0 Å². The van der Waals surface area contributed by atoms with Crippen molar-refractivity contribution < 1.29 is 13.2 Å². The molecule has 0 saturated carbocycles. The molecule has 1 aromatic carbocycles. The highest BCUT2D eigenvalue weighted by Gasteiger charge is 2.31. The number of halogens is 3. The molecule has 0 fully saturated rings. The number of hydrogen-bond acceptors (Lipinski definition) is 2. The first-order valence-electron chi connectivity index (χ1n) is 6.89. The van der Waals surface area contributed by atoms with Crippen molar-refractivity contribution in [1.82, 2.24) is 9.78 Å². The first-order chi connectivity index (χ1) is 9.90. The minimum Gasteiger partial charge on any atom is -0.326 e. The van der Waals surface area contributed by atoms with E-state index < -0.39 is 11.7 Å². The van der Waals surface area contributed by atoms with E-state index in [9.17, 15) is 13.2 Å². The largest absolute Gasteiger partial charge is 0.416 e. The smallest absolute Gasteiger partial charge is 0.326 e. The van der Waals surface area contributed by atoms with Gasteiger partial charge < -0.3 is 5.73 Å². The van der Waals surface area contributed by atoms with Crippen LogP contribution in [0.5, 0.6) is 0 Å². The van der Waals surface area contributed by atoms with E-state index in [4.69, 9.17) is 5.73 Å². The molecule has 0 aliphatic rings. The highest BCUT2D eigenvalue weighted by Crippen LogP contribution is 2.31. The van der Waals surface area contributed by atoms with Crippen molar-refractivity contribution in [2.24, 2.45) is 5.73 Å². The minimum atomic E-state index is -4.37. The summed E-state index contributed by atoms with van der Waals surface area (Å²) in [4.78, 5) is 0. The summed E-state index contributed by atoms with van der Waals surface area (Å²) in [6, 6.07) is 5.58. The topological polar surface area (TPSA) is 43.8 Å². The summed E-state index contributed by atoms with van der Waals surface area (Å²) in [5.74, 6) is 0. The Labute approximate surface area is 121 Å². The van der Waals surface area contributed by atoms with Crippen molar-refractivity contribution in [3.63, 3.8) is 0 Å².